The molecule has 88 valence electrons. The summed E-state index contributed by atoms with van der Waals surface area (Å²) in [5.74, 6) is -0.429. The lowest BCUT2D eigenvalue weighted by molar-refractivity contribution is -0.274. The van der Waals surface area contributed by atoms with Crippen LogP contribution >= 0.6 is 27.3 Å². The summed E-state index contributed by atoms with van der Waals surface area (Å²) < 4.78 is 41.8. The van der Waals surface area contributed by atoms with Gasteiger partial charge in [0.15, 0.2) is 5.75 Å². The number of thiophene rings is 1. The molecule has 1 heterocycles. The molecule has 0 aliphatic carbocycles. The SMILES string of the molecule is N#Cc1sc2c(Br)cccc2c1OC(F)(F)F. The fraction of sp³-hybridized carbons (Fsp3) is 0.100. The number of benzene rings is 1. The molecule has 0 aliphatic rings. The summed E-state index contributed by atoms with van der Waals surface area (Å²) in [4.78, 5) is -0.0933. The van der Waals surface area contributed by atoms with Crippen LogP contribution in [0.4, 0.5) is 13.2 Å². The Hall–Kier alpha value is -1.26. The zero-order chi connectivity index (χ0) is 12.6. The van der Waals surface area contributed by atoms with Crippen molar-refractivity contribution in [2.75, 3.05) is 0 Å². The molecule has 0 amide bonds. The van der Waals surface area contributed by atoms with Gasteiger partial charge in [-0.3, -0.25) is 0 Å². The summed E-state index contributed by atoms with van der Waals surface area (Å²) in [5, 5.41) is 9.08. The molecule has 0 unspecified atom stereocenters. The van der Waals surface area contributed by atoms with Crippen molar-refractivity contribution >= 4 is 37.4 Å². The maximum absolute atomic E-state index is 12.2. The average molecular weight is 322 g/mol. The predicted octanol–water partition coefficient (Wildman–Crippen LogP) is 4.43. The molecule has 2 aromatic rings. The first-order valence-electron chi connectivity index (χ1n) is 4.29. The molecule has 0 saturated heterocycles. The van der Waals surface area contributed by atoms with Crippen molar-refractivity contribution in [1.29, 1.82) is 5.26 Å². The van der Waals surface area contributed by atoms with Crippen molar-refractivity contribution in [2.45, 2.75) is 6.36 Å². The number of fused-ring (bicyclic) bond motifs is 1. The second-order valence-electron chi connectivity index (χ2n) is 3.04. The predicted molar refractivity (Wildman–Crippen MR) is 60.9 cm³/mol. The van der Waals surface area contributed by atoms with E-state index in [9.17, 15) is 13.2 Å². The first-order valence-corrected chi connectivity index (χ1v) is 5.90. The Labute approximate surface area is 106 Å². The van der Waals surface area contributed by atoms with E-state index >= 15 is 0 Å². The van der Waals surface area contributed by atoms with Crippen molar-refractivity contribution in [3.8, 4) is 11.8 Å². The van der Waals surface area contributed by atoms with E-state index in [0.29, 0.717) is 9.17 Å². The van der Waals surface area contributed by atoms with Crippen LogP contribution in [0.5, 0.6) is 5.75 Å². The normalized spacial score (nSPS) is 11.5. The highest BCUT2D eigenvalue weighted by atomic mass is 79.9. The lowest BCUT2D eigenvalue weighted by atomic mass is 10.2. The Kier molecular flexibility index (Phi) is 3.02. The molecule has 0 aliphatic heterocycles. The van der Waals surface area contributed by atoms with Gasteiger partial charge >= 0.3 is 6.36 Å². The lowest BCUT2D eigenvalue weighted by Gasteiger charge is -2.07. The Morgan fingerprint density at radius 3 is 2.65 bits per heavy atom. The van der Waals surface area contributed by atoms with Gasteiger partial charge in [0, 0.05) is 9.86 Å². The van der Waals surface area contributed by atoms with Crippen LogP contribution in [0.25, 0.3) is 10.1 Å². The maximum Gasteiger partial charge on any atom is 0.573 e. The van der Waals surface area contributed by atoms with Gasteiger partial charge in [-0.2, -0.15) is 5.26 Å². The number of rotatable bonds is 1. The molecular weight excluding hydrogens is 319 g/mol. The highest BCUT2D eigenvalue weighted by Gasteiger charge is 2.34. The molecule has 1 aromatic carbocycles. The monoisotopic (exact) mass is 321 g/mol. The standard InChI is InChI=1S/C10H3BrF3NOS/c11-6-3-1-2-5-8(16-10(12,13)14)7(4-15)17-9(5)6/h1-3H. The topological polar surface area (TPSA) is 33.0 Å². The third-order valence-electron chi connectivity index (χ3n) is 1.94. The molecule has 1 aromatic heterocycles. The number of nitriles is 1. The van der Waals surface area contributed by atoms with Crippen molar-refractivity contribution in [2.24, 2.45) is 0 Å². The van der Waals surface area contributed by atoms with E-state index in [0.717, 1.165) is 11.3 Å². The number of hydrogen-bond donors (Lipinski definition) is 0. The van der Waals surface area contributed by atoms with E-state index in [-0.39, 0.29) is 10.3 Å². The molecule has 2 rings (SSSR count). The molecule has 0 saturated carbocycles. The quantitative estimate of drug-likeness (QED) is 0.778. The Bertz CT molecular complexity index is 614. The number of ether oxygens (including phenoxy) is 1. The average Bonchev–Trinajstić information content (AvgIpc) is 2.56. The van der Waals surface area contributed by atoms with Gasteiger partial charge in [0.05, 0.1) is 4.70 Å². The van der Waals surface area contributed by atoms with Gasteiger partial charge < -0.3 is 4.74 Å². The molecule has 2 nitrogen and oxygen atoms in total. The zero-order valence-corrected chi connectivity index (χ0v) is 10.4. The van der Waals surface area contributed by atoms with E-state index in [1.165, 1.54) is 6.07 Å². The van der Waals surface area contributed by atoms with Crippen LogP contribution in [-0.2, 0) is 0 Å². The van der Waals surface area contributed by atoms with Crippen LogP contribution in [0.3, 0.4) is 0 Å². The van der Waals surface area contributed by atoms with E-state index in [1.54, 1.807) is 18.2 Å². The third kappa shape index (κ3) is 2.37. The second-order valence-corrected chi connectivity index (χ2v) is 4.91. The lowest BCUT2D eigenvalue weighted by Crippen LogP contribution is -2.17. The van der Waals surface area contributed by atoms with Crippen LogP contribution in [-0.4, -0.2) is 6.36 Å². The fourth-order valence-electron chi connectivity index (χ4n) is 1.35. The molecule has 0 spiro atoms. The Balaban J connectivity index is 2.68. The van der Waals surface area contributed by atoms with Crippen LogP contribution in [0, 0.1) is 11.3 Å². The van der Waals surface area contributed by atoms with Crippen molar-refractivity contribution < 1.29 is 17.9 Å². The van der Waals surface area contributed by atoms with Crippen molar-refractivity contribution in [3.05, 3.63) is 27.5 Å². The van der Waals surface area contributed by atoms with Crippen LogP contribution in [0.15, 0.2) is 22.7 Å². The summed E-state index contributed by atoms with van der Waals surface area (Å²) in [7, 11) is 0. The molecule has 17 heavy (non-hydrogen) atoms. The zero-order valence-electron chi connectivity index (χ0n) is 8.01. The fourth-order valence-corrected chi connectivity index (χ4v) is 2.89. The first kappa shape index (κ1) is 12.2. The summed E-state index contributed by atoms with van der Waals surface area (Å²) in [6.45, 7) is 0. The Morgan fingerprint density at radius 2 is 2.06 bits per heavy atom. The van der Waals surface area contributed by atoms with E-state index in [1.807, 2.05) is 0 Å². The first-order chi connectivity index (χ1) is 7.92. The Morgan fingerprint density at radius 1 is 1.35 bits per heavy atom. The van der Waals surface area contributed by atoms with E-state index in [4.69, 9.17) is 5.26 Å². The molecule has 0 bridgehead atoms. The number of halogens is 4. The number of alkyl halides is 3. The van der Waals surface area contributed by atoms with Gasteiger partial charge in [0.2, 0.25) is 0 Å². The van der Waals surface area contributed by atoms with E-state index in [2.05, 4.69) is 20.7 Å². The summed E-state index contributed by atoms with van der Waals surface area (Å²) in [6.07, 6.45) is -4.80. The number of hydrogen-bond acceptors (Lipinski definition) is 3. The smallest absolute Gasteiger partial charge is 0.403 e. The van der Waals surface area contributed by atoms with Gasteiger partial charge in [-0.1, -0.05) is 6.07 Å². The van der Waals surface area contributed by atoms with Gasteiger partial charge in [-0.25, -0.2) is 0 Å². The third-order valence-corrected chi connectivity index (χ3v) is 3.99. The van der Waals surface area contributed by atoms with Crippen LogP contribution < -0.4 is 4.74 Å². The largest absolute Gasteiger partial charge is 0.573 e. The van der Waals surface area contributed by atoms with E-state index < -0.39 is 12.1 Å². The van der Waals surface area contributed by atoms with Crippen molar-refractivity contribution in [3.63, 3.8) is 0 Å². The van der Waals surface area contributed by atoms with Crippen LogP contribution in [0.2, 0.25) is 0 Å². The molecular formula is C10H3BrF3NOS. The minimum atomic E-state index is -4.80. The van der Waals surface area contributed by atoms with Gasteiger partial charge in [0.25, 0.3) is 0 Å². The number of nitrogens with zero attached hydrogens (tertiary/aromatic N) is 1. The highest BCUT2D eigenvalue weighted by Crippen LogP contribution is 2.42. The molecule has 0 atom stereocenters. The van der Waals surface area contributed by atoms with Gasteiger partial charge in [-0.05, 0) is 28.1 Å². The molecule has 0 N–H and O–H groups in total. The summed E-state index contributed by atoms with van der Waals surface area (Å²) >= 11 is 4.18. The van der Waals surface area contributed by atoms with Gasteiger partial charge in [-0.15, -0.1) is 24.5 Å². The second kappa shape index (κ2) is 4.20. The molecule has 0 radical (unpaired) electrons. The molecule has 7 heteroatoms. The molecule has 0 fully saturated rings. The maximum atomic E-state index is 12.2. The van der Waals surface area contributed by atoms with Crippen molar-refractivity contribution in [1.82, 2.24) is 0 Å². The summed E-state index contributed by atoms with van der Waals surface area (Å²) in [6, 6.07) is 6.47. The van der Waals surface area contributed by atoms with Crippen LogP contribution in [0.1, 0.15) is 4.88 Å². The van der Waals surface area contributed by atoms with Gasteiger partial charge in [0.1, 0.15) is 10.9 Å². The minimum absolute atomic E-state index is 0.0933. The summed E-state index contributed by atoms with van der Waals surface area (Å²) in [5.41, 5.74) is 0. The highest BCUT2D eigenvalue weighted by molar-refractivity contribution is 9.10. The minimum Gasteiger partial charge on any atom is -0.403 e.